The summed E-state index contributed by atoms with van der Waals surface area (Å²) < 4.78 is 4.42. The standard InChI is InChI=1S/C34H23N3.C22H15BrN2.C15H11BrO.C12H9N.C7H8N2.C6H14N2.ClH.FH.H2/c1-3-11-24(12-4-1)30-23-31(36-34(35-30)26-13-5-2-6-14-26)25-19-21-27(22-20-25)37-32-17-9-7-15-28(32)29-16-8-10-18-33(29)37;23-19-13-11-17(12-14-19)21-15-20(16-7-3-1-4-8-16)24-22(25-21)18-9-5-2-6-10-18;16-14-9-6-12(7-10-14)8-11-15(17)13-4-2-1-3-5-13;1-3-7-11-9(5-1)10-6-2-4-8-12(10)13-11;8-7(9)6-4-2-1-3-5-6;7-5-3-1-2-4-6(5)8;;;/h1-23H;1-15H;1-11H;1-8,13H;1-5H,(H3,8,9);5-6H,1-4,7-8H2;3*1H/b;;11-8+;;;;;;/t;;;;;5-,6-;;;/m.....1.../s1. The maximum absolute atomic E-state index is 11.8. The van der Waals surface area contributed by atoms with E-state index in [-0.39, 0.29) is 42.2 Å². The Balaban J connectivity index is 0.000000154. The first-order valence-electron chi connectivity index (χ1n) is 36.2. The SMILES string of the molecule is Brc1ccc(-c2cc(-c3ccccc3)nc(-c3ccccc3)n2)cc1.Cl.F.N=C(N)c1ccccc1.N[C@@H]1CCCC[C@H]1N.O=C(/C=C/c1ccc(Br)cc1)c1ccccc1.[HH].c1ccc(-c2cc(-c3ccc(-n4c5ccccc5c5ccccc54)cc3)nc(-c3ccccc3)n2)cc1.c1ccc2c(c1)[nH]c1ccccc12. The molecule has 8 N–H and O–H groups in total. The number of nitrogens with one attached hydrogen (secondary N) is 2. The van der Waals surface area contributed by atoms with Crippen molar-refractivity contribution in [2.45, 2.75) is 37.8 Å². The number of nitrogen functional groups attached to an aromatic ring is 1. The number of rotatable bonds is 11. The van der Waals surface area contributed by atoms with Gasteiger partial charge in [0.15, 0.2) is 17.4 Å². The van der Waals surface area contributed by atoms with Crippen LogP contribution in [0.15, 0.2) is 379 Å². The minimum absolute atomic E-state index is 0. The van der Waals surface area contributed by atoms with Gasteiger partial charge in [0.1, 0.15) is 5.84 Å². The molecular weight excluding hydrogens is 1520 g/mol. The minimum atomic E-state index is 0. The number of halogens is 4. The zero-order valence-electron chi connectivity index (χ0n) is 60.7. The largest absolute Gasteiger partial charge is 0.384 e. The number of benzene rings is 13. The topological polar surface area (TPSA) is 191 Å². The van der Waals surface area contributed by atoms with E-state index >= 15 is 0 Å². The van der Waals surface area contributed by atoms with E-state index in [1.165, 1.54) is 56.5 Å². The Morgan fingerprint density at radius 2 is 0.712 bits per heavy atom. The number of amidine groups is 1. The lowest BCUT2D eigenvalue weighted by molar-refractivity contribution is 0.104. The molecule has 1 saturated carbocycles. The first-order chi connectivity index (χ1) is 53.5. The number of allylic oxidation sites excluding steroid dienone is 1. The van der Waals surface area contributed by atoms with Gasteiger partial charge in [-0.3, -0.25) is 14.9 Å². The van der Waals surface area contributed by atoms with Crippen molar-refractivity contribution >= 4 is 106 Å². The maximum atomic E-state index is 11.8. The Morgan fingerprint density at radius 3 is 1.09 bits per heavy atom. The van der Waals surface area contributed by atoms with Gasteiger partial charge < -0.3 is 26.8 Å². The van der Waals surface area contributed by atoms with Crippen LogP contribution in [0.1, 0.15) is 48.6 Å². The molecule has 4 aromatic heterocycles. The van der Waals surface area contributed by atoms with Crippen LogP contribution in [0, 0.1) is 5.41 Å². The average Bonchev–Trinajstić information content (AvgIpc) is 1.59. The molecule has 4 heterocycles. The number of hydrogen-bond acceptors (Lipinski definition) is 8. The van der Waals surface area contributed by atoms with Gasteiger partial charge >= 0.3 is 0 Å². The van der Waals surface area contributed by atoms with Gasteiger partial charge in [-0.1, -0.05) is 342 Å². The van der Waals surface area contributed by atoms with E-state index in [4.69, 9.17) is 42.5 Å². The van der Waals surface area contributed by atoms with Gasteiger partial charge in [0, 0.05) is 105 Å². The van der Waals surface area contributed by atoms with Crippen molar-refractivity contribution in [2.75, 3.05) is 0 Å². The number of fused-ring (bicyclic) bond motifs is 6. The van der Waals surface area contributed by atoms with Crippen molar-refractivity contribution in [2.24, 2.45) is 17.2 Å². The predicted octanol–water partition coefficient (Wildman–Crippen LogP) is 24.5. The lowest BCUT2D eigenvalue weighted by Gasteiger charge is -2.24. The van der Waals surface area contributed by atoms with Crippen molar-refractivity contribution in [3.63, 3.8) is 0 Å². The summed E-state index contributed by atoms with van der Waals surface area (Å²) in [6.07, 6.45) is 8.21. The van der Waals surface area contributed by atoms with Gasteiger partial charge in [-0.2, -0.15) is 0 Å². The van der Waals surface area contributed by atoms with E-state index in [0.29, 0.717) is 5.56 Å². The number of carbonyl (C=O) groups is 1. The number of para-hydroxylation sites is 4. The lowest BCUT2D eigenvalue weighted by atomic mass is 9.92. The molecule has 15 heteroatoms. The molecule has 0 unspecified atom stereocenters. The molecule has 1 aliphatic rings. The second kappa shape index (κ2) is 39.6. The van der Waals surface area contributed by atoms with E-state index in [2.05, 4.69) is 217 Å². The van der Waals surface area contributed by atoms with Gasteiger partial charge in [-0.25, -0.2) is 19.9 Å². The molecular formula is C96H84Br2ClFN10O. The molecule has 1 aliphatic carbocycles. The Bertz CT molecular complexity index is 5620. The van der Waals surface area contributed by atoms with Crippen molar-refractivity contribution in [1.82, 2.24) is 29.5 Å². The van der Waals surface area contributed by atoms with Crippen LogP contribution in [0.25, 0.3) is 123 Å². The van der Waals surface area contributed by atoms with Crippen molar-refractivity contribution < 1.29 is 10.9 Å². The maximum Gasteiger partial charge on any atom is 0.185 e. The van der Waals surface area contributed by atoms with E-state index in [1.54, 1.807) is 6.08 Å². The van der Waals surface area contributed by atoms with Crippen LogP contribution in [-0.4, -0.2) is 53.2 Å². The first-order valence-corrected chi connectivity index (χ1v) is 37.8. The molecule has 17 aromatic rings. The highest BCUT2D eigenvalue weighted by atomic mass is 79.9. The number of nitrogens with two attached hydrogens (primary N) is 3. The summed E-state index contributed by atoms with van der Waals surface area (Å²) in [4.78, 5) is 34.7. The summed E-state index contributed by atoms with van der Waals surface area (Å²) >= 11 is 6.86. The zero-order chi connectivity index (χ0) is 75.1. The van der Waals surface area contributed by atoms with Gasteiger partial charge in [-0.05, 0) is 97.3 Å². The number of nitrogens with zero attached hydrogens (tertiary/aromatic N) is 5. The fourth-order valence-electron chi connectivity index (χ4n) is 12.8. The van der Waals surface area contributed by atoms with E-state index in [9.17, 15) is 4.79 Å². The highest BCUT2D eigenvalue weighted by Gasteiger charge is 2.18. The molecule has 2 atom stereocenters. The monoisotopic (exact) mass is 1600 g/mol. The van der Waals surface area contributed by atoms with Gasteiger partial charge in [0.05, 0.1) is 33.8 Å². The van der Waals surface area contributed by atoms with Gasteiger partial charge in [0.2, 0.25) is 0 Å². The quantitative estimate of drug-likeness (QED) is 0.0366. The number of aromatic nitrogens is 6. The van der Waals surface area contributed by atoms with Gasteiger partial charge in [0.25, 0.3) is 0 Å². The van der Waals surface area contributed by atoms with Crippen molar-refractivity contribution in [1.29, 1.82) is 5.41 Å². The van der Waals surface area contributed by atoms with Crippen LogP contribution < -0.4 is 17.2 Å². The lowest BCUT2D eigenvalue weighted by Crippen LogP contribution is -2.43. The molecule has 0 amide bonds. The summed E-state index contributed by atoms with van der Waals surface area (Å²) in [7, 11) is 0. The number of carbonyl (C=O) groups excluding carboxylic acids is 1. The molecule has 11 nitrogen and oxygen atoms in total. The molecule has 111 heavy (non-hydrogen) atoms. The van der Waals surface area contributed by atoms with Crippen LogP contribution in [-0.2, 0) is 0 Å². The summed E-state index contributed by atoms with van der Waals surface area (Å²) in [6.45, 7) is 0. The number of aromatic amines is 1. The highest BCUT2D eigenvalue weighted by molar-refractivity contribution is 9.10. The molecule has 0 saturated heterocycles. The Labute approximate surface area is 670 Å². The molecule has 552 valence electrons. The Morgan fingerprint density at radius 1 is 0.396 bits per heavy atom. The molecule has 1 fully saturated rings. The fraction of sp³-hybridized carbons (Fsp3) is 0.0625. The third-order valence-corrected chi connectivity index (χ3v) is 19.6. The summed E-state index contributed by atoms with van der Waals surface area (Å²) in [5.41, 5.74) is 34.9. The zero-order valence-corrected chi connectivity index (χ0v) is 64.7. The van der Waals surface area contributed by atoms with Crippen LogP contribution in [0.4, 0.5) is 4.70 Å². The van der Waals surface area contributed by atoms with Gasteiger partial charge in [-0.15, -0.1) is 12.4 Å². The summed E-state index contributed by atoms with van der Waals surface area (Å²) in [6, 6.07) is 123. The molecule has 0 aliphatic heterocycles. The smallest absolute Gasteiger partial charge is 0.185 e. The van der Waals surface area contributed by atoms with Crippen molar-refractivity contribution in [3.8, 4) is 73.5 Å². The van der Waals surface area contributed by atoms with E-state index in [0.717, 1.165) is 106 Å². The Hall–Kier alpha value is -12.4. The van der Waals surface area contributed by atoms with Crippen molar-refractivity contribution in [3.05, 3.63) is 396 Å². The Kier molecular flexibility index (Phi) is 28.4. The predicted molar refractivity (Wildman–Crippen MR) is 472 cm³/mol. The average molecular weight is 1610 g/mol. The fourth-order valence-corrected chi connectivity index (χ4v) is 13.3. The van der Waals surface area contributed by atoms with Crippen LogP contribution in [0.5, 0.6) is 0 Å². The molecule has 0 spiro atoms. The number of hydrogen-bond donors (Lipinski definition) is 5. The molecule has 18 rings (SSSR count). The second-order valence-corrected chi connectivity index (χ2v) is 27.9. The van der Waals surface area contributed by atoms with E-state index < -0.39 is 0 Å². The molecule has 13 aromatic carbocycles. The summed E-state index contributed by atoms with van der Waals surface area (Å²) in [5.74, 6) is 1.60. The third-order valence-electron chi connectivity index (χ3n) is 18.5. The molecule has 0 bridgehead atoms. The van der Waals surface area contributed by atoms with E-state index in [1.807, 2.05) is 194 Å². The highest BCUT2D eigenvalue weighted by Crippen LogP contribution is 2.35. The second-order valence-electron chi connectivity index (χ2n) is 26.0. The van der Waals surface area contributed by atoms with Crippen LogP contribution in [0.2, 0.25) is 0 Å². The third kappa shape index (κ3) is 21.1. The van der Waals surface area contributed by atoms with Crippen LogP contribution >= 0.6 is 44.3 Å². The normalized spacial score (nSPS) is 12.6. The number of H-pyrrole nitrogens is 1. The summed E-state index contributed by atoms with van der Waals surface area (Å²) in [5, 5.41) is 12.1. The first kappa shape index (κ1) is 79.6. The van der Waals surface area contributed by atoms with Crippen LogP contribution in [0.3, 0.4) is 0 Å². The minimum Gasteiger partial charge on any atom is -0.384 e. The molecule has 0 radical (unpaired) electrons. The number of ketones is 1.